The highest BCUT2D eigenvalue weighted by molar-refractivity contribution is 5.86. The number of esters is 1. The van der Waals surface area contributed by atoms with Crippen molar-refractivity contribution in [1.82, 2.24) is 5.32 Å². The average Bonchev–Trinajstić information content (AvgIpc) is 2.87. The van der Waals surface area contributed by atoms with E-state index in [1.165, 1.54) is 6.26 Å². The van der Waals surface area contributed by atoms with Crippen LogP contribution in [0, 0.1) is 5.92 Å². The molecule has 1 N–H and O–H groups in total. The second kappa shape index (κ2) is 4.28. The topological polar surface area (TPSA) is 51.5 Å². The molecule has 14 heavy (non-hydrogen) atoms. The Morgan fingerprint density at radius 3 is 3.29 bits per heavy atom. The second-order valence-corrected chi connectivity index (χ2v) is 3.43. The van der Waals surface area contributed by atoms with Gasteiger partial charge in [-0.25, -0.2) is 4.79 Å². The number of rotatable bonds is 3. The van der Waals surface area contributed by atoms with Crippen LogP contribution >= 0.6 is 0 Å². The summed E-state index contributed by atoms with van der Waals surface area (Å²) in [6, 6.07) is 3.28. The van der Waals surface area contributed by atoms with E-state index in [0.29, 0.717) is 12.5 Å². The van der Waals surface area contributed by atoms with Crippen LogP contribution in [-0.4, -0.2) is 25.7 Å². The molecule has 1 aromatic heterocycles. The summed E-state index contributed by atoms with van der Waals surface area (Å²) in [6.45, 7) is 2.43. The van der Waals surface area contributed by atoms with Crippen molar-refractivity contribution >= 4 is 5.97 Å². The maximum atomic E-state index is 11.3. The molecule has 1 fully saturated rings. The van der Waals surface area contributed by atoms with Crippen LogP contribution in [0.2, 0.25) is 0 Å². The highest BCUT2D eigenvalue weighted by atomic mass is 16.5. The zero-order valence-electron chi connectivity index (χ0n) is 7.86. The van der Waals surface area contributed by atoms with E-state index >= 15 is 0 Å². The van der Waals surface area contributed by atoms with E-state index in [2.05, 4.69) is 5.32 Å². The number of carbonyl (C=O) groups excluding carboxylic acids is 1. The second-order valence-electron chi connectivity index (χ2n) is 3.43. The Balaban J connectivity index is 1.78. The van der Waals surface area contributed by atoms with Crippen molar-refractivity contribution in [3.8, 4) is 0 Å². The lowest BCUT2D eigenvalue weighted by Crippen LogP contribution is -2.16. The van der Waals surface area contributed by atoms with Gasteiger partial charge in [-0.2, -0.15) is 0 Å². The summed E-state index contributed by atoms with van der Waals surface area (Å²) in [7, 11) is 0. The van der Waals surface area contributed by atoms with Crippen LogP contribution in [0.5, 0.6) is 0 Å². The molecular formula is C10H13NO3. The number of furan rings is 1. The third kappa shape index (κ3) is 2.14. The Kier molecular flexibility index (Phi) is 2.84. The summed E-state index contributed by atoms with van der Waals surface area (Å²) in [6.07, 6.45) is 2.54. The molecule has 0 amide bonds. The van der Waals surface area contributed by atoms with Gasteiger partial charge in [-0.15, -0.1) is 0 Å². The molecule has 0 radical (unpaired) electrons. The quantitative estimate of drug-likeness (QED) is 0.732. The predicted molar refractivity (Wildman–Crippen MR) is 50.0 cm³/mol. The van der Waals surface area contributed by atoms with Crippen LogP contribution in [-0.2, 0) is 4.74 Å². The van der Waals surface area contributed by atoms with Crippen molar-refractivity contribution in [3.05, 3.63) is 24.2 Å². The van der Waals surface area contributed by atoms with E-state index < -0.39 is 0 Å². The highest BCUT2D eigenvalue weighted by Crippen LogP contribution is 2.09. The maximum absolute atomic E-state index is 11.3. The van der Waals surface area contributed by atoms with Crippen molar-refractivity contribution in [2.75, 3.05) is 19.7 Å². The van der Waals surface area contributed by atoms with Gasteiger partial charge in [0.25, 0.3) is 0 Å². The molecule has 0 saturated carbocycles. The molecule has 4 heteroatoms. The number of hydrogen-bond donors (Lipinski definition) is 1. The van der Waals surface area contributed by atoms with Gasteiger partial charge in [0.2, 0.25) is 5.76 Å². The van der Waals surface area contributed by atoms with Crippen molar-refractivity contribution in [2.24, 2.45) is 5.92 Å². The van der Waals surface area contributed by atoms with Gasteiger partial charge in [0.15, 0.2) is 0 Å². The Morgan fingerprint density at radius 2 is 2.64 bits per heavy atom. The molecule has 0 bridgehead atoms. The smallest absolute Gasteiger partial charge is 0.374 e. The van der Waals surface area contributed by atoms with Gasteiger partial charge in [0.1, 0.15) is 0 Å². The Morgan fingerprint density at radius 1 is 1.71 bits per heavy atom. The molecule has 0 spiro atoms. The summed E-state index contributed by atoms with van der Waals surface area (Å²) in [5, 5.41) is 3.22. The lowest BCUT2D eigenvalue weighted by Gasteiger charge is -2.07. The standard InChI is InChI=1S/C10H13NO3/c12-10(9-2-1-5-13-9)14-7-8-3-4-11-6-8/h1-2,5,8,11H,3-4,6-7H2. The molecule has 0 aliphatic carbocycles. The van der Waals surface area contributed by atoms with Gasteiger partial charge in [0, 0.05) is 12.5 Å². The highest BCUT2D eigenvalue weighted by Gasteiger charge is 2.17. The maximum Gasteiger partial charge on any atom is 0.374 e. The average molecular weight is 195 g/mol. The SMILES string of the molecule is O=C(OCC1CCNC1)c1ccco1. The zero-order valence-corrected chi connectivity index (χ0v) is 7.86. The first-order valence-electron chi connectivity index (χ1n) is 4.77. The van der Waals surface area contributed by atoms with E-state index in [1.54, 1.807) is 12.1 Å². The van der Waals surface area contributed by atoms with Gasteiger partial charge < -0.3 is 14.5 Å². The normalized spacial score (nSPS) is 21.0. The molecule has 1 aliphatic heterocycles. The van der Waals surface area contributed by atoms with Crippen LogP contribution in [0.4, 0.5) is 0 Å². The fourth-order valence-electron chi connectivity index (χ4n) is 1.52. The van der Waals surface area contributed by atoms with Gasteiger partial charge in [0.05, 0.1) is 12.9 Å². The van der Waals surface area contributed by atoms with Gasteiger partial charge in [-0.3, -0.25) is 0 Å². The van der Waals surface area contributed by atoms with Crippen LogP contribution in [0.1, 0.15) is 17.0 Å². The van der Waals surface area contributed by atoms with Crippen LogP contribution < -0.4 is 5.32 Å². The molecule has 4 nitrogen and oxygen atoms in total. The first kappa shape index (κ1) is 9.27. The van der Waals surface area contributed by atoms with Gasteiger partial charge in [-0.05, 0) is 25.1 Å². The lowest BCUT2D eigenvalue weighted by atomic mass is 10.1. The Bertz CT molecular complexity index is 288. The number of carbonyl (C=O) groups is 1. The van der Waals surface area contributed by atoms with Crippen molar-refractivity contribution in [2.45, 2.75) is 6.42 Å². The van der Waals surface area contributed by atoms with Crippen molar-refractivity contribution < 1.29 is 13.9 Å². The first-order valence-corrected chi connectivity index (χ1v) is 4.77. The van der Waals surface area contributed by atoms with E-state index in [9.17, 15) is 4.79 Å². The van der Waals surface area contributed by atoms with Crippen molar-refractivity contribution in [3.63, 3.8) is 0 Å². The number of ether oxygens (including phenoxy) is 1. The molecule has 2 rings (SSSR count). The van der Waals surface area contributed by atoms with Crippen LogP contribution in [0.25, 0.3) is 0 Å². The summed E-state index contributed by atoms with van der Waals surface area (Å²) in [5.74, 6) is 0.353. The first-order chi connectivity index (χ1) is 6.86. The predicted octanol–water partition coefficient (Wildman–Crippen LogP) is 1.05. The molecular weight excluding hydrogens is 182 g/mol. The molecule has 1 unspecified atom stereocenters. The minimum Gasteiger partial charge on any atom is -0.459 e. The molecule has 1 aromatic rings. The lowest BCUT2D eigenvalue weighted by molar-refractivity contribution is 0.0414. The monoisotopic (exact) mass is 195 g/mol. The van der Waals surface area contributed by atoms with E-state index in [-0.39, 0.29) is 11.7 Å². The minimum atomic E-state index is -0.373. The van der Waals surface area contributed by atoms with Crippen LogP contribution in [0.3, 0.4) is 0 Å². The Hall–Kier alpha value is -1.29. The van der Waals surface area contributed by atoms with Gasteiger partial charge >= 0.3 is 5.97 Å². The summed E-state index contributed by atoms with van der Waals surface area (Å²) >= 11 is 0. The summed E-state index contributed by atoms with van der Waals surface area (Å²) in [5.41, 5.74) is 0. The molecule has 0 aromatic carbocycles. The minimum absolute atomic E-state index is 0.274. The number of hydrogen-bond acceptors (Lipinski definition) is 4. The molecule has 1 aliphatic rings. The molecule has 2 heterocycles. The van der Waals surface area contributed by atoms with E-state index in [0.717, 1.165) is 19.5 Å². The summed E-state index contributed by atoms with van der Waals surface area (Å²) in [4.78, 5) is 11.3. The Labute approximate surface area is 82.2 Å². The fraction of sp³-hybridized carbons (Fsp3) is 0.500. The molecule has 76 valence electrons. The van der Waals surface area contributed by atoms with E-state index in [4.69, 9.17) is 9.15 Å². The number of nitrogens with one attached hydrogen (secondary N) is 1. The molecule has 1 atom stereocenters. The third-order valence-corrected chi connectivity index (χ3v) is 2.33. The van der Waals surface area contributed by atoms with Gasteiger partial charge in [-0.1, -0.05) is 0 Å². The van der Waals surface area contributed by atoms with Crippen LogP contribution in [0.15, 0.2) is 22.8 Å². The molecule has 1 saturated heterocycles. The fourth-order valence-corrected chi connectivity index (χ4v) is 1.52. The van der Waals surface area contributed by atoms with Crippen molar-refractivity contribution in [1.29, 1.82) is 0 Å². The zero-order chi connectivity index (χ0) is 9.80. The third-order valence-electron chi connectivity index (χ3n) is 2.33. The van der Waals surface area contributed by atoms with E-state index in [1.807, 2.05) is 0 Å². The summed E-state index contributed by atoms with van der Waals surface area (Å²) < 4.78 is 10.0. The largest absolute Gasteiger partial charge is 0.459 e.